The summed E-state index contributed by atoms with van der Waals surface area (Å²) in [5, 5.41) is 6.44. The third-order valence-electron chi connectivity index (χ3n) is 4.54. The Morgan fingerprint density at radius 3 is 2.48 bits per heavy atom. The van der Waals surface area contributed by atoms with E-state index in [0.29, 0.717) is 38.0 Å². The lowest BCUT2D eigenvalue weighted by atomic mass is 10.2. The van der Waals surface area contributed by atoms with Crippen molar-refractivity contribution in [3.63, 3.8) is 0 Å². The van der Waals surface area contributed by atoms with Crippen molar-refractivity contribution in [2.75, 3.05) is 26.2 Å². The molecule has 0 aliphatic rings. The first-order valence-electron chi connectivity index (χ1n) is 10.6. The highest BCUT2D eigenvalue weighted by Gasteiger charge is 2.09. The third-order valence-corrected chi connectivity index (χ3v) is 4.54. The summed E-state index contributed by atoms with van der Waals surface area (Å²) in [5.74, 6) is 1.42. The van der Waals surface area contributed by atoms with E-state index in [1.54, 1.807) is 6.20 Å². The van der Waals surface area contributed by atoms with Crippen molar-refractivity contribution >= 4 is 35.8 Å². The van der Waals surface area contributed by atoms with Gasteiger partial charge < -0.3 is 20.3 Å². The van der Waals surface area contributed by atoms with E-state index in [-0.39, 0.29) is 29.9 Å². The highest BCUT2D eigenvalue weighted by Crippen LogP contribution is 2.12. The number of benzene rings is 1. The van der Waals surface area contributed by atoms with Gasteiger partial charge in [-0.15, -0.1) is 24.0 Å². The number of halogens is 1. The van der Waals surface area contributed by atoms with Gasteiger partial charge in [0.15, 0.2) is 5.96 Å². The number of nitrogens with one attached hydrogen (secondary N) is 2. The van der Waals surface area contributed by atoms with Crippen LogP contribution in [0.5, 0.6) is 5.88 Å². The summed E-state index contributed by atoms with van der Waals surface area (Å²) in [6.45, 7) is 9.73. The second-order valence-electron chi connectivity index (χ2n) is 6.71. The van der Waals surface area contributed by atoms with Gasteiger partial charge in [-0.05, 0) is 38.0 Å². The van der Waals surface area contributed by atoms with E-state index in [9.17, 15) is 4.79 Å². The molecule has 0 spiro atoms. The summed E-state index contributed by atoms with van der Waals surface area (Å²) >= 11 is 0. The first-order chi connectivity index (χ1) is 14.7. The lowest BCUT2D eigenvalue weighted by Gasteiger charge is -2.19. The quantitative estimate of drug-likeness (QED) is 0.259. The molecule has 0 bridgehead atoms. The Morgan fingerprint density at radius 2 is 1.81 bits per heavy atom. The number of amides is 1. The van der Waals surface area contributed by atoms with Crippen LogP contribution in [0.25, 0.3) is 0 Å². The van der Waals surface area contributed by atoms with Crippen LogP contribution in [0.4, 0.5) is 0 Å². The largest absolute Gasteiger partial charge is 0.473 e. The minimum atomic E-state index is 0. The van der Waals surface area contributed by atoms with Gasteiger partial charge in [0.1, 0.15) is 6.61 Å². The van der Waals surface area contributed by atoms with E-state index in [4.69, 9.17) is 4.74 Å². The van der Waals surface area contributed by atoms with Crippen molar-refractivity contribution < 1.29 is 9.53 Å². The van der Waals surface area contributed by atoms with Gasteiger partial charge in [-0.25, -0.2) is 9.98 Å². The fourth-order valence-corrected chi connectivity index (χ4v) is 2.89. The molecule has 1 amide bonds. The zero-order valence-corrected chi connectivity index (χ0v) is 21.0. The fraction of sp³-hybridized carbons (Fsp3) is 0.435. The highest BCUT2D eigenvalue weighted by molar-refractivity contribution is 14.0. The molecule has 31 heavy (non-hydrogen) atoms. The Kier molecular flexibility index (Phi) is 13.3. The highest BCUT2D eigenvalue weighted by atomic mass is 127. The Labute approximate surface area is 202 Å². The summed E-state index contributed by atoms with van der Waals surface area (Å²) < 4.78 is 5.79. The molecule has 0 saturated heterocycles. The van der Waals surface area contributed by atoms with Crippen LogP contribution in [0.2, 0.25) is 0 Å². The van der Waals surface area contributed by atoms with E-state index in [0.717, 1.165) is 30.8 Å². The second-order valence-corrected chi connectivity index (χ2v) is 6.71. The minimum Gasteiger partial charge on any atom is -0.473 e. The molecular weight excluding hydrogens is 505 g/mol. The van der Waals surface area contributed by atoms with Crippen LogP contribution in [0.3, 0.4) is 0 Å². The molecule has 1 aromatic heterocycles. The van der Waals surface area contributed by atoms with Crippen molar-refractivity contribution in [1.29, 1.82) is 0 Å². The van der Waals surface area contributed by atoms with Gasteiger partial charge in [-0.2, -0.15) is 0 Å². The number of nitrogens with zero attached hydrogens (tertiary/aromatic N) is 3. The van der Waals surface area contributed by atoms with Gasteiger partial charge in [0.2, 0.25) is 11.8 Å². The smallest absolute Gasteiger partial charge is 0.224 e. The lowest BCUT2D eigenvalue weighted by Crippen LogP contribution is -2.40. The summed E-state index contributed by atoms with van der Waals surface area (Å²) in [6, 6.07) is 13.8. The first-order valence-corrected chi connectivity index (χ1v) is 10.6. The second kappa shape index (κ2) is 15.4. The Bertz CT molecular complexity index is 798. The molecule has 2 rings (SSSR count). The number of ether oxygens (including phenoxy) is 1. The van der Waals surface area contributed by atoms with Gasteiger partial charge in [0.05, 0.1) is 6.54 Å². The van der Waals surface area contributed by atoms with Crippen LogP contribution in [0.15, 0.2) is 53.7 Å². The van der Waals surface area contributed by atoms with E-state index >= 15 is 0 Å². The molecule has 0 saturated carbocycles. The molecule has 1 aromatic carbocycles. The van der Waals surface area contributed by atoms with E-state index in [1.165, 1.54) is 0 Å². The van der Waals surface area contributed by atoms with E-state index in [2.05, 4.69) is 20.6 Å². The summed E-state index contributed by atoms with van der Waals surface area (Å²) in [5.41, 5.74) is 2.10. The van der Waals surface area contributed by atoms with Gasteiger partial charge in [0.25, 0.3) is 0 Å². The molecule has 0 unspecified atom stereocenters. The maximum atomic E-state index is 12.1. The molecule has 0 radical (unpaired) electrons. The van der Waals surface area contributed by atoms with Crippen LogP contribution in [-0.2, 0) is 17.9 Å². The molecule has 1 heterocycles. The number of aromatic nitrogens is 1. The van der Waals surface area contributed by atoms with Crippen LogP contribution in [-0.4, -0.2) is 47.9 Å². The van der Waals surface area contributed by atoms with Crippen LogP contribution < -0.4 is 15.4 Å². The standard InChI is InChI=1S/C23H33N5O2.HI/c1-4-24-23(26-15-13-22(29)28(5-2)6-3)27-17-20-12-14-25-21(16-20)30-18-19-10-8-7-9-11-19;/h7-12,14,16H,4-6,13,15,17-18H2,1-3H3,(H2,24,26,27);1H. The average molecular weight is 539 g/mol. The number of hydrogen-bond donors (Lipinski definition) is 2. The lowest BCUT2D eigenvalue weighted by molar-refractivity contribution is -0.130. The molecule has 7 nitrogen and oxygen atoms in total. The number of pyridine rings is 1. The number of guanidine groups is 1. The molecule has 2 aromatic rings. The average Bonchev–Trinajstić information content (AvgIpc) is 2.78. The molecule has 0 aliphatic heterocycles. The number of carbonyl (C=O) groups excluding carboxylic acids is 1. The maximum absolute atomic E-state index is 12.1. The van der Waals surface area contributed by atoms with E-state index in [1.807, 2.05) is 68.1 Å². The Morgan fingerprint density at radius 1 is 1.06 bits per heavy atom. The van der Waals surface area contributed by atoms with Crippen LogP contribution in [0, 0.1) is 0 Å². The van der Waals surface area contributed by atoms with Gasteiger partial charge in [-0.3, -0.25) is 4.79 Å². The number of carbonyl (C=O) groups is 1. The molecular formula is C23H34IN5O2. The number of aliphatic imine (C=N–C) groups is 1. The van der Waals surface area contributed by atoms with Gasteiger partial charge in [-0.1, -0.05) is 30.3 Å². The van der Waals surface area contributed by atoms with Gasteiger partial charge >= 0.3 is 0 Å². The van der Waals surface area contributed by atoms with Gasteiger partial charge in [0, 0.05) is 44.9 Å². The zero-order valence-electron chi connectivity index (χ0n) is 18.6. The molecule has 0 atom stereocenters. The first kappa shape index (κ1) is 26.7. The molecule has 170 valence electrons. The van der Waals surface area contributed by atoms with Crippen molar-refractivity contribution in [2.24, 2.45) is 4.99 Å². The predicted molar refractivity (Wildman–Crippen MR) is 136 cm³/mol. The summed E-state index contributed by atoms with van der Waals surface area (Å²) in [4.78, 5) is 22.9. The summed E-state index contributed by atoms with van der Waals surface area (Å²) in [7, 11) is 0. The number of rotatable bonds is 11. The third kappa shape index (κ3) is 9.99. The Balaban J connectivity index is 0.00000480. The van der Waals surface area contributed by atoms with Crippen molar-refractivity contribution in [3.8, 4) is 5.88 Å². The predicted octanol–water partition coefficient (Wildman–Crippen LogP) is 3.59. The zero-order chi connectivity index (χ0) is 21.6. The van der Waals surface area contributed by atoms with Crippen LogP contribution >= 0.6 is 24.0 Å². The monoisotopic (exact) mass is 539 g/mol. The van der Waals surface area contributed by atoms with Crippen molar-refractivity contribution in [1.82, 2.24) is 20.5 Å². The van der Waals surface area contributed by atoms with Crippen LogP contribution in [0.1, 0.15) is 38.3 Å². The summed E-state index contributed by atoms with van der Waals surface area (Å²) in [6.07, 6.45) is 2.17. The Hall–Kier alpha value is -2.36. The SMILES string of the molecule is CCNC(=NCc1ccnc(OCc2ccccc2)c1)NCCC(=O)N(CC)CC.I. The normalized spacial score (nSPS) is 10.7. The minimum absolute atomic E-state index is 0. The van der Waals surface area contributed by atoms with Crippen molar-refractivity contribution in [3.05, 3.63) is 59.8 Å². The van der Waals surface area contributed by atoms with E-state index < -0.39 is 0 Å². The molecule has 0 fully saturated rings. The fourth-order valence-electron chi connectivity index (χ4n) is 2.89. The number of hydrogen-bond acceptors (Lipinski definition) is 4. The maximum Gasteiger partial charge on any atom is 0.224 e. The van der Waals surface area contributed by atoms with Crippen molar-refractivity contribution in [2.45, 2.75) is 40.3 Å². The molecule has 8 heteroatoms. The molecule has 2 N–H and O–H groups in total. The molecule has 0 aliphatic carbocycles. The topological polar surface area (TPSA) is 78.9 Å².